The summed E-state index contributed by atoms with van der Waals surface area (Å²) >= 11 is 0. The van der Waals surface area contributed by atoms with Crippen LogP contribution >= 0.6 is 0 Å². The fourth-order valence-electron chi connectivity index (χ4n) is 2.61. The van der Waals surface area contributed by atoms with Crippen LogP contribution in [0.5, 0.6) is 0 Å². The van der Waals surface area contributed by atoms with Gasteiger partial charge >= 0.3 is 0 Å². The molecule has 2 N–H and O–H groups in total. The molecule has 0 fully saturated rings. The summed E-state index contributed by atoms with van der Waals surface area (Å²) in [5, 5.41) is 4.52. The van der Waals surface area contributed by atoms with E-state index in [2.05, 4.69) is 44.1 Å². The molecule has 0 aliphatic carbocycles. The normalized spacial score (nSPS) is 10.9. The predicted molar refractivity (Wildman–Crippen MR) is 75.6 cm³/mol. The number of aromatic nitrogens is 2. The van der Waals surface area contributed by atoms with Gasteiger partial charge in [-0.3, -0.25) is 4.68 Å². The highest BCUT2D eigenvalue weighted by Gasteiger charge is 2.12. The van der Waals surface area contributed by atoms with E-state index in [0.29, 0.717) is 6.54 Å². The summed E-state index contributed by atoms with van der Waals surface area (Å²) in [6.07, 6.45) is 0.831. The Morgan fingerprint density at radius 2 is 1.72 bits per heavy atom. The van der Waals surface area contributed by atoms with E-state index in [9.17, 15) is 0 Å². The Morgan fingerprint density at radius 1 is 1.11 bits per heavy atom. The van der Waals surface area contributed by atoms with E-state index < -0.39 is 0 Å². The van der Waals surface area contributed by atoms with Crippen LogP contribution < -0.4 is 5.73 Å². The summed E-state index contributed by atoms with van der Waals surface area (Å²) < 4.78 is 1.95. The third-order valence-electron chi connectivity index (χ3n) is 3.26. The molecule has 2 aromatic rings. The van der Waals surface area contributed by atoms with Gasteiger partial charge in [0.05, 0.1) is 11.4 Å². The molecule has 0 spiro atoms. The van der Waals surface area contributed by atoms with Crippen molar-refractivity contribution in [2.45, 2.75) is 27.2 Å². The minimum Gasteiger partial charge on any atom is -0.330 e. The van der Waals surface area contributed by atoms with E-state index in [1.807, 2.05) is 11.7 Å². The smallest absolute Gasteiger partial charge is 0.0687 e. The van der Waals surface area contributed by atoms with Gasteiger partial charge in [-0.1, -0.05) is 17.7 Å². The molecular weight excluding hydrogens is 222 g/mol. The lowest BCUT2D eigenvalue weighted by molar-refractivity contribution is 0.744. The average Bonchev–Trinajstić information content (AvgIpc) is 2.59. The second-order valence-corrected chi connectivity index (χ2v) is 4.96. The van der Waals surface area contributed by atoms with Crippen molar-refractivity contribution in [2.24, 2.45) is 12.8 Å². The van der Waals surface area contributed by atoms with E-state index in [4.69, 9.17) is 5.73 Å². The van der Waals surface area contributed by atoms with Gasteiger partial charge in [-0.2, -0.15) is 5.10 Å². The van der Waals surface area contributed by atoms with E-state index in [1.165, 1.54) is 27.9 Å². The van der Waals surface area contributed by atoms with Crippen molar-refractivity contribution in [3.63, 3.8) is 0 Å². The van der Waals surface area contributed by atoms with Crippen LogP contribution in [-0.2, 0) is 13.5 Å². The number of aryl methyl sites for hydroxylation is 4. The van der Waals surface area contributed by atoms with E-state index in [1.54, 1.807) is 0 Å². The summed E-state index contributed by atoms with van der Waals surface area (Å²) in [5.74, 6) is 0. The molecule has 0 radical (unpaired) electrons. The molecule has 96 valence electrons. The van der Waals surface area contributed by atoms with Gasteiger partial charge in [-0.05, 0) is 44.5 Å². The Bertz CT molecular complexity index is 544. The Balaban J connectivity index is 2.55. The first-order chi connectivity index (χ1) is 8.52. The number of rotatable bonds is 3. The molecule has 0 amide bonds. The Hall–Kier alpha value is -1.61. The lowest BCUT2D eigenvalue weighted by Crippen LogP contribution is -2.03. The third kappa shape index (κ3) is 2.31. The Morgan fingerprint density at radius 3 is 2.28 bits per heavy atom. The second kappa shape index (κ2) is 4.94. The molecule has 0 aliphatic heterocycles. The van der Waals surface area contributed by atoms with Gasteiger partial charge in [-0.25, -0.2) is 0 Å². The highest BCUT2D eigenvalue weighted by atomic mass is 15.3. The fraction of sp³-hybridized carbons (Fsp3) is 0.400. The summed E-state index contributed by atoms with van der Waals surface area (Å²) in [7, 11) is 1.99. The maximum Gasteiger partial charge on any atom is 0.0687 e. The number of hydrogen-bond donors (Lipinski definition) is 1. The summed E-state index contributed by atoms with van der Waals surface area (Å²) in [6, 6.07) is 6.59. The van der Waals surface area contributed by atoms with Gasteiger partial charge in [-0.15, -0.1) is 0 Å². The van der Waals surface area contributed by atoms with Crippen LogP contribution in [0.4, 0.5) is 0 Å². The van der Waals surface area contributed by atoms with Crippen molar-refractivity contribution in [3.05, 3.63) is 40.6 Å². The van der Waals surface area contributed by atoms with Crippen LogP contribution in [0.2, 0.25) is 0 Å². The molecule has 3 heteroatoms. The summed E-state index contributed by atoms with van der Waals surface area (Å²) in [4.78, 5) is 0. The first-order valence-corrected chi connectivity index (χ1v) is 6.34. The number of benzene rings is 1. The molecular formula is C15H21N3. The van der Waals surface area contributed by atoms with Crippen LogP contribution in [0.25, 0.3) is 11.3 Å². The molecule has 0 atom stereocenters. The van der Waals surface area contributed by atoms with Gasteiger partial charge in [0.2, 0.25) is 0 Å². The fourth-order valence-corrected chi connectivity index (χ4v) is 2.61. The zero-order valence-electron chi connectivity index (χ0n) is 11.6. The molecule has 1 heterocycles. The van der Waals surface area contributed by atoms with Gasteiger partial charge in [0, 0.05) is 19.0 Å². The van der Waals surface area contributed by atoms with Gasteiger partial charge in [0.1, 0.15) is 0 Å². The molecule has 3 nitrogen and oxygen atoms in total. The highest BCUT2D eigenvalue weighted by molar-refractivity contribution is 5.68. The van der Waals surface area contributed by atoms with Crippen LogP contribution in [0.15, 0.2) is 18.2 Å². The number of nitrogens with zero attached hydrogens (tertiary/aromatic N) is 2. The summed E-state index contributed by atoms with van der Waals surface area (Å²) in [5.41, 5.74) is 13.0. The standard InChI is InChI=1S/C15H21N3/c1-10-7-11(2)15(12(3)8-10)14-9-13(5-6-16)17-18(14)4/h7-9H,5-6,16H2,1-4H3. The lowest BCUT2D eigenvalue weighted by Gasteiger charge is -2.11. The van der Waals surface area contributed by atoms with Crippen molar-refractivity contribution in [3.8, 4) is 11.3 Å². The first kappa shape index (κ1) is 12.8. The van der Waals surface area contributed by atoms with Crippen LogP contribution in [0.1, 0.15) is 22.4 Å². The van der Waals surface area contributed by atoms with E-state index >= 15 is 0 Å². The van der Waals surface area contributed by atoms with Crippen molar-refractivity contribution in [1.29, 1.82) is 0 Å². The number of nitrogens with two attached hydrogens (primary N) is 1. The number of hydrogen-bond acceptors (Lipinski definition) is 2. The minimum absolute atomic E-state index is 0.641. The van der Waals surface area contributed by atoms with Crippen LogP contribution in [0, 0.1) is 20.8 Å². The molecule has 0 saturated heterocycles. The largest absolute Gasteiger partial charge is 0.330 e. The summed E-state index contributed by atoms with van der Waals surface area (Å²) in [6.45, 7) is 7.09. The Labute approximate surface area is 109 Å². The van der Waals surface area contributed by atoms with Crippen molar-refractivity contribution in [1.82, 2.24) is 9.78 Å². The molecule has 0 aliphatic rings. The van der Waals surface area contributed by atoms with E-state index in [0.717, 1.165) is 12.1 Å². The topological polar surface area (TPSA) is 43.8 Å². The zero-order chi connectivity index (χ0) is 13.3. The zero-order valence-corrected chi connectivity index (χ0v) is 11.6. The van der Waals surface area contributed by atoms with Crippen molar-refractivity contribution >= 4 is 0 Å². The van der Waals surface area contributed by atoms with Gasteiger partial charge < -0.3 is 5.73 Å². The van der Waals surface area contributed by atoms with Crippen LogP contribution in [0.3, 0.4) is 0 Å². The Kier molecular flexibility index (Phi) is 3.53. The molecule has 0 saturated carbocycles. The van der Waals surface area contributed by atoms with E-state index in [-0.39, 0.29) is 0 Å². The van der Waals surface area contributed by atoms with Crippen LogP contribution in [-0.4, -0.2) is 16.3 Å². The molecule has 1 aromatic heterocycles. The quantitative estimate of drug-likeness (QED) is 0.900. The maximum absolute atomic E-state index is 5.59. The predicted octanol–water partition coefficient (Wildman–Crippen LogP) is 2.51. The maximum atomic E-state index is 5.59. The monoisotopic (exact) mass is 243 g/mol. The molecule has 0 bridgehead atoms. The highest BCUT2D eigenvalue weighted by Crippen LogP contribution is 2.28. The SMILES string of the molecule is Cc1cc(C)c(-c2cc(CCN)nn2C)c(C)c1. The lowest BCUT2D eigenvalue weighted by atomic mass is 9.97. The molecule has 2 rings (SSSR count). The van der Waals surface area contributed by atoms with Crippen molar-refractivity contribution in [2.75, 3.05) is 6.54 Å². The first-order valence-electron chi connectivity index (χ1n) is 6.34. The molecule has 0 unspecified atom stereocenters. The third-order valence-corrected chi connectivity index (χ3v) is 3.26. The van der Waals surface area contributed by atoms with Crippen molar-refractivity contribution < 1.29 is 0 Å². The molecule has 1 aromatic carbocycles. The molecule has 18 heavy (non-hydrogen) atoms. The van der Waals surface area contributed by atoms with Gasteiger partial charge in [0.25, 0.3) is 0 Å². The second-order valence-electron chi connectivity index (χ2n) is 4.96. The minimum atomic E-state index is 0.641. The van der Waals surface area contributed by atoms with Gasteiger partial charge in [0.15, 0.2) is 0 Å². The average molecular weight is 243 g/mol.